The summed E-state index contributed by atoms with van der Waals surface area (Å²) in [5, 5.41) is 9.80. The van der Waals surface area contributed by atoms with Gasteiger partial charge in [0.2, 0.25) is 5.79 Å². The molecule has 20 heavy (non-hydrogen) atoms. The summed E-state index contributed by atoms with van der Waals surface area (Å²) in [6.45, 7) is 3.01. The predicted octanol–water partition coefficient (Wildman–Crippen LogP) is 2.81. The van der Waals surface area contributed by atoms with Crippen LogP contribution in [0.2, 0.25) is 0 Å². The Hall–Kier alpha value is -1.98. The smallest absolute Gasteiger partial charge is 0.349 e. The van der Waals surface area contributed by atoms with Gasteiger partial charge in [-0.3, -0.25) is 4.39 Å². The molecule has 0 atom stereocenters. The summed E-state index contributed by atoms with van der Waals surface area (Å²) in [4.78, 5) is 12.0. The summed E-state index contributed by atoms with van der Waals surface area (Å²) in [5.74, 6) is -1.60. The standard InChI is InChI=1S/C14H17FO5/c1-14(2)19-12-9(16)5-6-10(11(12)13(17)20-14)18-8-4-3-7-15/h5-6,16H,3-4,7-8H2,1-2H3. The first kappa shape index (κ1) is 14.4. The lowest BCUT2D eigenvalue weighted by Gasteiger charge is -2.32. The second kappa shape index (κ2) is 5.56. The summed E-state index contributed by atoms with van der Waals surface area (Å²) in [6.07, 6.45) is 0.932. The third-order valence-corrected chi connectivity index (χ3v) is 2.77. The van der Waals surface area contributed by atoms with Crippen LogP contribution >= 0.6 is 0 Å². The van der Waals surface area contributed by atoms with Gasteiger partial charge in [-0.1, -0.05) is 0 Å². The number of phenols is 1. The van der Waals surface area contributed by atoms with Gasteiger partial charge >= 0.3 is 5.97 Å². The van der Waals surface area contributed by atoms with Gasteiger partial charge in [-0.05, 0) is 25.0 Å². The fourth-order valence-corrected chi connectivity index (χ4v) is 1.89. The normalized spacial score (nSPS) is 16.1. The highest BCUT2D eigenvalue weighted by atomic mass is 19.1. The summed E-state index contributed by atoms with van der Waals surface area (Å²) >= 11 is 0. The summed E-state index contributed by atoms with van der Waals surface area (Å²) in [6, 6.07) is 2.85. The van der Waals surface area contributed by atoms with Crippen LogP contribution in [0.4, 0.5) is 4.39 Å². The Morgan fingerprint density at radius 1 is 1.30 bits per heavy atom. The Labute approximate surface area is 116 Å². The maximum atomic E-state index is 12.0. The number of hydrogen-bond acceptors (Lipinski definition) is 5. The first-order valence-electron chi connectivity index (χ1n) is 6.41. The molecule has 0 fully saturated rings. The molecular formula is C14H17FO5. The molecule has 0 amide bonds. The number of unbranched alkanes of at least 4 members (excludes halogenated alkanes) is 1. The lowest BCUT2D eigenvalue weighted by Crippen LogP contribution is -2.39. The predicted molar refractivity (Wildman–Crippen MR) is 68.9 cm³/mol. The number of cyclic esters (lactones) is 1. The molecular weight excluding hydrogens is 267 g/mol. The van der Waals surface area contributed by atoms with Gasteiger partial charge in [-0.25, -0.2) is 4.79 Å². The molecule has 1 N–H and O–H groups in total. The lowest BCUT2D eigenvalue weighted by atomic mass is 10.1. The Morgan fingerprint density at radius 3 is 2.75 bits per heavy atom. The van der Waals surface area contributed by atoms with Crippen molar-refractivity contribution in [3.8, 4) is 17.2 Å². The number of ether oxygens (including phenoxy) is 3. The number of halogens is 1. The molecule has 0 saturated heterocycles. The monoisotopic (exact) mass is 284 g/mol. The van der Waals surface area contributed by atoms with E-state index in [1.54, 1.807) is 13.8 Å². The van der Waals surface area contributed by atoms with Crippen LogP contribution in [0.3, 0.4) is 0 Å². The van der Waals surface area contributed by atoms with Crippen molar-refractivity contribution in [2.24, 2.45) is 0 Å². The molecule has 0 aliphatic carbocycles. The molecule has 1 aliphatic heterocycles. The number of alkyl halides is 1. The van der Waals surface area contributed by atoms with Crippen molar-refractivity contribution in [2.45, 2.75) is 32.5 Å². The van der Waals surface area contributed by atoms with Gasteiger partial charge in [0.15, 0.2) is 11.5 Å². The number of esters is 1. The van der Waals surface area contributed by atoms with E-state index in [0.29, 0.717) is 12.8 Å². The van der Waals surface area contributed by atoms with Crippen molar-refractivity contribution in [3.63, 3.8) is 0 Å². The van der Waals surface area contributed by atoms with Gasteiger partial charge < -0.3 is 19.3 Å². The first-order valence-corrected chi connectivity index (χ1v) is 6.41. The molecule has 0 spiro atoms. The minimum atomic E-state index is -1.14. The van der Waals surface area contributed by atoms with E-state index in [-0.39, 0.29) is 29.4 Å². The fourth-order valence-electron chi connectivity index (χ4n) is 1.89. The van der Waals surface area contributed by atoms with E-state index >= 15 is 0 Å². The van der Waals surface area contributed by atoms with Crippen molar-refractivity contribution in [3.05, 3.63) is 17.7 Å². The maximum absolute atomic E-state index is 12.0. The third kappa shape index (κ3) is 2.95. The van der Waals surface area contributed by atoms with E-state index in [1.807, 2.05) is 0 Å². The number of benzene rings is 1. The van der Waals surface area contributed by atoms with Crippen molar-refractivity contribution in [2.75, 3.05) is 13.3 Å². The lowest BCUT2D eigenvalue weighted by molar-refractivity contribution is -0.128. The number of phenolic OH excluding ortho intramolecular Hbond substituents is 1. The molecule has 1 heterocycles. The average molecular weight is 284 g/mol. The Kier molecular flexibility index (Phi) is 4.01. The largest absolute Gasteiger partial charge is 0.504 e. The molecule has 0 aromatic heterocycles. The minimum Gasteiger partial charge on any atom is -0.504 e. The average Bonchev–Trinajstić information content (AvgIpc) is 2.36. The molecule has 6 heteroatoms. The number of aromatic hydroxyl groups is 1. The number of fused-ring (bicyclic) bond motifs is 1. The zero-order chi connectivity index (χ0) is 14.8. The van der Waals surface area contributed by atoms with Crippen LogP contribution in [-0.4, -0.2) is 30.1 Å². The highest BCUT2D eigenvalue weighted by Crippen LogP contribution is 2.42. The van der Waals surface area contributed by atoms with Crippen LogP contribution < -0.4 is 9.47 Å². The summed E-state index contributed by atoms with van der Waals surface area (Å²) in [5.41, 5.74) is 0.0598. The SMILES string of the molecule is CC1(C)OC(=O)c2c(OCCCCF)ccc(O)c2O1. The molecule has 0 saturated carbocycles. The second-order valence-electron chi connectivity index (χ2n) is 4.92. The highest BCUT2D eigenvalue weighted by Gasteiger charge is 2.38. The number of rotatable bonds is 5. The van der Waals surface area contributed by atoms with Crippen molar-refractivity contribution in [1.29, 1.82) is 0 Å². The molecule has 1 aromatic carbocycles. The molecule has 0 bridgehead atoms. The maximum Gasteiger partial charge on any atom is 0.349 e. The van der Waals surface area contributed by atoms with Gasteiger partial charge in [0, 0.05) is 13.8 Å². The van der Waals surface area contributed by atoms with E-state index < -0.39 is 18.4 Å². The van der Waals surface area contributed by atoms with E-state index in [9.17, 15) is 14.3 Å². The minimum absolute atomic E-state index is 0.0502. The quantitative estimate of drug-likeness (QED) is 0.665. The topological polar surface area (TPSA) is 65.0 Å². The van der Waals surface area contributed by atoms with Gasteiger partial charge in [-0.15, -0.1) is 0 Å². The van der Waals surface area contributed by atoms with Crippen molar-refractivity contribution >= 4 is 5.97 Å². The van der Waals surface area contributed by atoms with Crippen molar-refractivity contribution in [1.82, 2.24) is 0 Å². The number of carbonyl (C=O) groups is 1. The van der Waals surface area contributed by atoms with Crippen LogP contribution in [0.25, 0.3) is 0 Å². The van der Waals surface area contributed by atoms with E-state index in [1.165, 1.54) is 12.1 Å². The molecule has 2 rings (SSSR count). The molecule has 1 aromatic rings. The van der Waals surface area contributed by atoms with Gasteiger partial charge in [0.1, 0.15) is 11.3 Å². The molecule has 0 unspecified atom stereocenters. The molecule has 0 radical (unpaired) electrons. The van der Waals surface area contributed by atoms with Crippen LogP contribution in [0.15, 0.2) is 12.1 Å². The van der Waals surface area contributed by atoms with Gasteiger partial charge in [-0.2, -0.15) is 0 Å². The van der Waals surface area contributed by atoms with Crippen LogP contribution in [0.5, 0.6) is 17.2 Å². The zero-order valence-electron chi connectivity index (χ0n) is 11.4. The van der Waals surface area contributed by atoms with Crippen LogP contribution in [-0.2, 0) is 4.74 Å². The molecule has 5 nitrogen and oxygen atoms in total. The highest BCUT2D eigenvalue weighted by molar-refractivity contribution is 5.97. The summed E-state index contributed by atoms with van der Waals surface area (Å²) < 4.78 is 28.0. The van der Waals surface area contributed by atoms with E-state index in [4.69, 9.17) is 14.2 Å². The Balaban J connectivity index is 2.26. The zero-order valence-corrected chi connectivity index (χ0v) is 11.4. The first-order chi connectivity index (χ1) is 9.44. The number of hydrogen-bond donors (Lipinski definition) is 1. The Bertz CT molecular complexity index is 513. The third-order valence-electron chi connectivity index (χ3n) is 2.77. The van der Waals surface area contributed by atoms with E-state index in [0.717, 1.165) is 0 Å². The molecule has 1 aliphatic rings. The summed E-state index contributed by atoms with van der Waals surface area (Å²) in [7, 11) is 0. The second-order valence-corrected chi connectivity index (χ2v) is 4.92. The van der Waals surface area contributed by atoms with Crippen LogP contribution in [0.1, 0.15) is 37.0 Å². The van der Waals surface area contributed by atoms with E-state index in [2.05, 4.69) is 0 Å². The van der Waals surface area contributed by atoms with Crippen molar-refractivity contribution < 1.29 is 28.5 Å². The molecule has 110 valence electrons. The number of carbonyl (C=O) groups excluding carboxylic acids is 1. The van der Waals surface area contributed by atoms with Gasteiger partial charge in [0.25, 0.3) is 0 Å². The van der Waals surface area contributed by atoms with Crippen LogP contribution in [0, 0.1) is 0 Å². The Morgan fingerprint density at radius 2 is 2.05 bits per heavy atom. The van der Waals surface area contributed by atoms with Gasteiger partial charge in [0.05, 0.1) is 13.3 Å². The fraction of sp³-hybridized carbons (Fsp3) is 0.500.